The highest BCUT2D eigenvalue weighted by Gasteiger charge is 2.21. The Morgan fingerprint density at radius 2 is 1.79 bits per heavy atom. The number of pyridine rings is 1. The normalized spacial score (nSPS) is 15.5. The highest BCUT2D eigenvalue weighted by molar-refractivity contribution is 5.85. The van der Waals surface area contributed by atoms with Crippen LogP contribution in [0.5, 0.6) is 0 Å². The van der Waals surface area contributed by atoms with Crippen molar-refractivity contribution < 1.29 is 0 Å². The Morgan fingerprint density at radius 1 is 0.958 bits per heavy atom. The second-order valence-corrected chi connectivity index (χ2v) is 6.50. The molecule has 1 aliphatic rings. The summed E-state index contributed by atoms with van der Waals surface area (Å²) in [6, 6.07) is 20.2. The van der Waals surface area contributed by atoms with E-state index in [2.05, 4.69) is 69.8 Å². The lowest BCUT2D eigenvalue weighted by molar-refractivity contribution is 0.428. The van der Waals surface area contributed by atoms with E-state index in [4.69, 9.17) is 0 Å². The van der Waals surface area contributed by atoms with Crippen molar-refractivity contribution in [1.82, 2.24) is 10.3 Å². The van der Waals surface area contributed by atoms with Crippen molar-refractivity contribution in [1.29, 1.82) is 0 Å². The van der Waals surface area contributed by atoms with Crippen LogP contribution in [0, 0.1) is 0 Å². The van der Waals surface area contributed by atoms with E-state index in [1.807, 2.05) is 12.4 Å². The number of hydrogen-bond acceptors (Lipinski definition) is 3. The van der Waals surface area contributed by atoms with E-state index in [1.54, 1.807) is 0 Å². The number of piperidine rings is 1. The number of nitrogens with one attached hydrogen (secondary N) is 1. The zero-order valence-corrected chi connectivity index (χ0v) is 13.9. The van der Waals surface area contributed by atoms with Gasteiger partial charge in [0.05, 0.1) is 0 Å². The van der Waals surface area contributed by atoms with Gasteiger partial charge >= 0.3 is 0 Å². The van der Waals surface area contributed by atoms with E-state index >= 15 is 0 Å². The summed E-state index contributed by atoms with van der Waals surface area (Å²) in [6.07, 6.45) is 6.20. The molecule has 3 nitrogen and oxygen atoms in total. The van der Waals surface area contributed by atoms with Gasteiger partial charge in [0.15, 0.2) is 0 Å². The monoisotopic (exact) mass is 317 g/mol. The molecule has 1 aromatic heterocycles. The molecule has 0 amide bonds. The zero-order valence-electron chi connectivity index (χ0n) is 13.9. The van der Waals surface area contributed by atoms with Crippen LogP contribution in [0.4, 0.5) is 5.69 Å². The summed E-state index contributed by atoms with van der Waals surface area (Å²) in [5, 5.41) is 5.94. The first-order chi connectivity index (χ1) is 11.9. The minimum Gasteiger partial charge on any atom is -0.364 e. The molecule has 1 aliphatic heterocycles. The van der Waals surface area contributed by atoms with Crippen molar-refractivity contribution >= 4 is 16.5 Å². The molecular weight excluding hydrogens is 294 g/mol. The predicted octanol–water partition coefficient (Wildman–Crippen LogP) is 3.99. The van der Waals surface area contributed by atoms with Gasteiger partial charge in [0.1, 0.15) is 0 Å². The molecule has 24 heavy (non-hydrogen) atoms. The molecule has 0 saturated carbocycles. The van der Waals surface area contributed by atoms with Gasteiger partial charge in [-0.05, 0) is 55.1 Å². The molecule has 122 valence electrons. The molecule has 1 fully saturated rings. The van der Waals surface area contributed by atoms with Gasteiger partial charge in [-0.1, -0.05) is 36.4 Å². The van der Waals surface area contributed by atoms with Crippen LogP contribution >= 0.6 is 0 Å². The highest BCUT2D eigenvalue weighted by atomic mass is 15.2. The van der Waals surface area contributed by atoms with Crippen LogP contribution in [-0.2, 0) is 6.54 Å². The fourth-order valence-electron chi connectivity index (χ4n) is 3.58. The summed E-state index contributed by atoms with van der Waals surface area (Å²) in [5.74, 6) is 0. The number of rotatable bonds is 4. The Labute approximate surface area is 143 Å². The summed E-state index contributed by atoms with van der Waals surface area (Å²) < 4.78 is 0. The van der Waals surface area contributed by atoms with Gasteiger partial charge in [-0.2, -0.15) is 0 Å². The van der Waals surface area contributed by atoms with E-state index in [0.29, 0.717) is 6.04 Å². The Kier molecular flexibility index (Phi) is 4.43. The number of hydrogen-bond donors (Lipinski definition) is 1. The van der Waals surface area contributed by atoms with E-state index in [-0.39, 0.29) is 0 Å². The lowest BCUT2D eigenvalue weighted by Crippen LogP contribution is -2.43. The highest BCUT2D eigenvalue weighted by Crippen LogP contribution is 2.27. The second kappa shape index (κ2) is 7.02. The van der Waals surface area contributed by atoms with Crippen LogP contribution in [0.3, 0.4) is 0 Å². The molecule has 2 aromatic carbocycles. The maximum atomic E-state index is 4.22. The van der Waals surface area contributed by atoms with E-state index in [9.17, 15) is 0 Å². The van der Waals surface area contributed by atoms with Crippen LogP contribution in [0.2, 0.25) is 0 Å². The number of nitrogens with zero attached hydrogens (tertiary/aromatic N) is 2. The van der Waals surface area contributed by atoms with E-state index < -0.39 is 0 Å². The van der Waals surface area contributed by atoms with Gasteiger partial charge in [0.25, 0.3) is 0 Å². The summed E-state index contributed by atoms with van der Waals surface area (Å²) in [4.78, 5) is 6.80. The molecule has 1 N–H and O–H groups in total. The van der Waals surface area contributed by atoms with Crippen LogP contribution in [0.15, 0.2) is 67.0 Å². The minimum absolute atomic E-state index is 0.589. The summed E-state index contributed by atoms with van der Waals surface area (Å²) in [6.45, 7) is 3.17. The first kappa shape index (κ1) is 15.2. The third kappa shape index (κ3) is 3.26. The SMILES string of the molecule is c1ccc(CN(c2ccc3cnccc3c2)C2CCNCC2)cc1. The van der Waals surface area contributed by atoms with Gasteiger partial charge in [-0.25, -0.2) is 0 Å². The third-order valence-electron chi connectivity index (χ3n) is 4.90. The van der Waals surface area contributed by atoms with Gasteiger partial charge < -0.3 is 10.2 Å². The minimum atomic E-state index is 0.589. The molecule has 0 bridgehead atoms. The Bertz CT molecular complexity index is 794. The molecule has 1 saturated heterocycles. The quantitative estimate of drug-likeness (QED) is 0.788. The molecule has 0 aliphatic carbocycles. The standard InChI is InChI=1S/C21H23N3/c1-2-4-17(5-3-1)16-24(20-9-12-22-13-10-20)21-7-6-19-15-23-11-8-18(19)14-21/h1-8,11,14-15,20,22H,9-10,12-13,16H2. The molecule has 0 unspecified atom stereocenters. The summed E-state index contributed by atoms with van der Waals surface area (Å²) in [7, 11) is 0. The zero-order chi connectivity index (χ0) is 16.2. The van der Waals surface area contributed by atoms with Crippen LogP contribution in [0.25, 0.3) is 10.8 Å². The fraction of sp³-hybridized carbons (Fsp3) is 0.286. The van der Waals surface area contributed by atoms with Gasteiger partial charge in [-0.15, -0.1) is 0 Å². The molecular formula is C21H23N3. The van der Waals surface area contributed by atoms with Gasteiger partial charge in [0.2, 0.25) is 0 Å². The van der Waals surface area contributed by atoms with Crippen LogP contribution in [0.1, 0.15) is 18.4 Å². The van der Waals surface area contributed by atoms with Gasteiger partial charge in [0, 0.05) is 36.1 Å². The lowest BCUT2D eigenvalue weighted by Gasteiger charge is -2.36. The van der Waals surface area contributed by atoms with E-state index in [1.165, 1.54) is 34.9 Å². The number of benzene rings is 2. The first-order valence-electron chi connectivity index (χ1n) is 8.75. The number of fused-ring (bicyclic) bond motifs is 1. The summed E-state index contributed by atoms with van der Waals surface area (Å²) in [5.41, 5.74) is 2.68. The van der Waals surface area contributed by atoms with E-state index in [0.717, 1.165) is 19.6 Å². The molecule has 0 spiro atoms. The largest absolute Gasteiger partial charge is 0.364 e. The topological polar surface area (TPSA) is 28.2 Å². The summed E-state index contributed by atoms with van der Waals surface area (Å²) >= 11 is 0. The Balaban J connectivity index is 1.69. The average Bonchev–Trinajstić information content (AvgIpc) is 2.67. The van der Waals surface area contributed by atoms with Gasteiger partial charge in [-0.3, -0.25) is 4.98 Å². The Morgan fingerprint density at radius 3 is 2.62 bits per heavy atom. The van der Waals surface area contributed by atoms with Crippen molar-refractivity contribution in [3.05, 3.63) is 72.6 Å². The molecule has 0 radical (unpaired) electrons. The number of anilines is 1. The molecule has 3 aromatic rings. The Hall–Kier alpha value is -2.39. The molecule has 0 atom stereocenters. The smallest absolute Gasteiger partial charge is 0.0432 e. The van der Waals surface area contributed by atoms with Crippen molar-refractivity contribution in [3.63, 3.8) is 0 Å². The van der Waals surface area contributed by atoms with Crippen molar-refractivity contribution in [2.24, 2.45) is 0 Å². The number of aromatic nitrogens is 1. The van der Waals surface area contributed by atoms with Crippen molar-refractivity contribution in [2.45, 2.75) is 25.4 Å². The maximum Gasteiger partial charge on any atom is 0.0432 e. The molecule has 2 heterocycles. The van der Waals surface area contributed by atoms with Crippen molar-refractivity contribution in [2.75, 3.05) is 18.0 Å². The fourth-order valence-corrected chi connectivity index (χ4v) is 3.58. The second-order valence-electron chi connectivity index (χ2n) is 6.50. The molecule has 4 rings (SSSR count). The van der Waals surface area contributed by atoms with Crippen LogP contribution < -0.4 is 10.2 Å². The predicted molar refractivity (Wildman–Crippen MR) is 100 cm³/mol. The van der Waals surface area contributed by atoms with Crippen molar-refractivity contribution in [3.8, 4) is 0 Å². The van der Waals surface area contributed by atoms with Crippen LogP contribution in [-0.4, -0.2) is 24.1 Å². The third-order valence-corrected chi connectivity index (χ3v) is 4.90. The average molecular weight is 317 g/mol. The maximum absolute atomic E-state index is 4.22. The first-order valence-corrected chi connectivity index (χ1v) is 8.75. The molecule has 3 heteroatoms. The lowest BCUT2D eigenvalue weighted by atomic mass is 10.0.